The standard InChI is InChI=1S/C30H38ClN7O3/c1-20-15-23(38-11-13-41-14-12-38)5-6-25(20)33-29-24(31)18-32-30(35-29)34-26-16-21-7-9-37(19-28(39)36(2)3)10-8-22(21)17-27(26)40-4/h5-6,15-18H,7-14,19H2,1-4H3,(H2,32,33,34,35). The van der Waals surface area contributed by atoms with Crippen LogP contribution >= 0.6 is 11.6 Å². The number of ether oxygens (including phenoxy) is 2. The second-order valence-corrected chi connectivity index (χ2v) is 11.0. The second-order valence-electron chi connectivity index (χ2n) is 10.6. The quantitative estimate of drug-likeness (QED) is 0.406. The predicted octanol–water partition coefficient (Wildman–Crippen LogP) is 4.26. The first-order valence-corrected chi connectivity index (χ1v) is 14.3. The molecule has 2 N–H and O–H groups in total. The summed E-state index contributed by atoms with van der Waals surface area (Å²) in [5.41, 5.74) is 6.41. The summed E-state index contributed by atoms with van der Waals surface area (Å²) in [5.74, 6) is 1.75. The molecule has 5 rings (SSSR count). The number of anilines is 5. The van der Waals surface area contributed by atoms with Crippen molar-refractivity contribution < 1.29 is 14.3 Å². The number of amides is 1. The van der Waals surface area contributed by atoms with Crippen LogP contribution in [0, 0.1) is 6.92 Å². The van der Waals surface area contributed by atoms with E-state index < -0.39 is 0 Å². The number of fused-ring (bicyclic) bond motifs is 1. The fraction of sp³-hybridized carbons (Fsp3) is 0.433. The molecule has 1 saturated heterocycles. The third-order valence-corrected chi connectivity index (χ3v) is 7.88. The molecule has 218 valence electrons. The average molecular weight is 580 g/mol. The molecule has 10 nitrogen and oxygen atoms in total. The number of rotatable bonds is 8. The Morgan fingerprint density at radius 2 is 1.78 bits per heavy atom. The lowest BCUT2D eigenvalue weighted by Gasteiger charge is -2.29. The van der Waals surface area contributed by atoms with Gasteiger partial charge in [0.25, 0.3) is 0 Å². The first kappa shape index (κ1) is 28.9. The molecule has 0 aliphatic carbocycles. The number of aryl methyl sites for hydroxylation is 1. The Kier molecular flexibility index (Phi) is 9.12. The molecule has 1 fully saturated rings. The molecule has 0 unspecified atom stereocenters. The Morgan fingerprint density at radius 1 is 1.05 bits per heavy atom. The maximum atomic E-state index is 12.2. The molecule has 1 aromatic heterocycles. The number of methoxy groups -OCH3 is 1. The monoisotopic (exact) mass is 579 g/mol. The zero-order valence-electron chi connectivity index (χ0n) is 24.2. The predicted molar refractivity (Wildman–Crippen MR) is 163 cm³/mol. The van der Waals surface area contributed by atoms with Crippen LogP contribution in [0.5, 0.6) is 5.75 Å². The SMILES string of the molecule is COc1cc2c(cc1Nc1ncc(Cl)c(Nc3ccc(N4CCOCC4)cc3C)n1)CCN(CC(=O)N(C)C)CC2. The van der Waals surface area contributed by atoms with Crippen LogP contribution in [-0.2, 0) is 22.4 Å². The van der Waals surface area contributed by atoms with Gasteiger partial charge in [-0.2, -0.15) is 4.98 Å². The number of nitrogens with zero attached hydrogens (tertiary/aromatic N) is 5. The van der Waals surface area contributed by atoms with Gasteiger partial charge >= 0.3 is 0 Å². The van der Waals surface area contributed by atoms with Crippen molar-refractivity contribution in [1.29, 1.82) is 0 Å². The third-order valence-electron chi connectivity index (χ3n) is 7.60. The summed E-state index contributed by atoms with van der Waals surface area (Å²) in [7, 11) is 5.24. The van der Waals surface area contributed by atoms with E-state index in [9.17, 15) is 4.79 Å². The van der Waals surface area contributed by atoms with Gasteiger partial charge in [-0.25, -0.2) is 4.98 Å². The number of carbonyl (C=O) groups excluding carboxylic acids is 1. The highest BCUT2D eigenvalue weighted by molar-refractivity contribution is 6.32. The number of benzene rings is 2. The summed E-state index contributed by atoms with van der Waals surface area (Å²) in [6.07, 6.45) is 3.27. The first-order chi connectivity index (χ1) is 19.8. The smallest absolute Gasteiger partial charge is 0.236 e. The minimum absolute atomic E-state index is 0.114. The first-order valence-electron chi connectivity index (χ1n) is 13.9. The highest BCUT2D eigenvalue weighted by Crippen LogP contribution is 2.34. The zero-order chi connectivity index (χ0) is 28.9. The van der Waals surface area contributed by atoms with Crippen molar-refractivity contribution in [2.45, 2.75) is 19.8 Å². The van der Waals surface area contributed by atoms with Crippen LogP contribution in [0.1, 0.15) is 16.7 Å². The third kappa shape index (κ3) is 7.01. The number of morpholine rings is 1. The van der Waals surface area contributed by atoms with E-state index in [1.54, 1.807) is 32.3 Å². The minimum Gasteiger partial charge on any atom is -0.495 e. The largest absolute Gasteiger partial charge is 0.495 e. The van der Waals surface area contributed by atoms with Crippen molar-refractivity contribution in [2.24, 2.45) is 0 Å². The van der Waals surface area contributed by atoms with E-state index in [0.29, 0.717) is 29.1 Å². The summed E-state index contributed by atoms with van der Waals surface area (Å²) >= 11 is 6.50. The Balaban J connectivity index is 1.31. The minimum atomic E-state index is 0.114. The molecule has 2 aliphatic rings. The lowest BCUT2D eigenvalue weighted by Crippen LogP contribution is -2.37. The number of nitrogens with one attached hydrogen (secondary N) is 2. The number of hydrogen-bond acceptors (Lipinski definition) is 9. The molecule has 2 aliphatic heterocycles. The van der Waals surface area contributed by atoms with Crippen LogP contribution in [-0.4, -0.2) is 92.8 Å². The molecule has 2 aromatic carbocycles. The van der Waals surface area contributed by atoms with E-state index in [1.165, 1.54) is 16.8 Å². The molecule has 0 radical (unpaired) electrons. The molecule has 3 aromatic rings. The normalized spacial score (nSPS) is 15.6. The van der Waals surface area contributed by atoms with Crippen LogP contribution < -0.4 is 20.3 Å². The van der Waals surface area contributed by atoms with Gasteiger partial charge in [-0.05, 0) is 66.8 Å². The summed E-state index contributed by atoms with van der Waals surface area (Å²) in [4.78, 5) is 27.5. The van der Waals surface area contributed by atoms with Crippen molar-refractivity contribution in [1.82, 2.24) is 19.8 Å². The molecule has 11 heteroatoms. The average Bonchev–Trinajstić information content (AvgIpc) is 3.17. The van der Waals surface area contributed by atoms with Gasteiger partial charge in [0.1, 0.15) is 10.8 Å². The number of aromatic nitrogens is 2. The Bertz CT molecular complexity index is 1390. The van der Waals surface area contributed by atoms with Crippen molar-refractivity contribution in [3.63, 3.8) is 0 Å². The maximum Gasteiger partial charge on any atom is 0.236 e. The molecule has 0 saturated carbocycles. The summed E-state index contributed by atoms with van der Waals surface area (Å²) in [6, 6.07) is 10.5. The van der Waals surface area contributed by atoms with E-state index in [-0.39, 0.29) is 5.91 Å². The van der Waals surface area contributed by atoms with Crippen molar-refractivity contribution in [3.05, 3.63) is 58.2 Å². The number of likely N-dealkylation sites (N-methyl/N-ethyl adjacent to an activating group) is 1. The molecule has 41 heavy (non-hydrogen) atoms. The van der Waals surface area contributed by atoms with Crippen LogP contribution in [0.4, 0.5) is 28.8 Å². The van der Waals surface area contributed by atoms with Gasteiger partial charge in [-0.3, -0.25) is 9.69 Å². The Morgan fingerprint density at radius 3 is 2.46 bits per heavy atom. The van der Waals surface area contributed by atoms with Crippen molar-refractivity contribution in [2.75, 3.05) is 82.7 Å². The highest BCUT2D eigenvalue weighted by atomic mass is 35.5. The van der Waals surface area contributed by atoms with Crippen molar-refractivity contribution >= 4 is 46.3 Å². The van der Waals surface area contributed by atoms with Gasteiger partial charge < -0.3 is 29.9 Å². The summed E-state index contributed by atoms with van der Waals surface area (Å²) in [6.45, 7) is 7.40. The van der Waals surface area contributed by atoms with Gasteiger partial charge in [-0.15, -0.1) is 0 Å². The van der Waals surface area contributed by atoms with Crippen LogP contribution in [0.25, 0.3) is 0 Å². The number of halogens is 1. The van der Waals surface area contributed by atoms with Crippen LogP contribution in [0.15, 0.2) is 36.5 Å². The van der Waals surface area contributed by atoms with E-state index in [4.69, 9.17) is 21.1 Å². The molecule has 3 heterocycles. The lowest BCUT2D eigenvalue weighted by molar-refractivity contribution is -0.129. The summed E-state index contributed by atoms with van der Waals surface area (Å²) in [5, 5.41) is 7.14. The maximum absolute atomic E-state index is 12.2. The topological polar surface area (TPSA) is 95.1 Å². The molecule has 0 bridgehead atoms. The number of carbonyl (C=O) groups is 1. The van der Waals surface area contributed by atoms with Crippen LogP contribution in [0.3, 0.4) is 0 Å². The zero-order valence-corrected chi connectivity index (χ0v) is 24.9. The van der Waals surface area contributed by atoms with Gasteiger partial charge in [-0.1, -0.05) is 11.6 Å². The van der Waals surface area contributed by atoms with E-state index in [2.05, 4.69) is 67.7 Å². The van der Waals surface area contributed by atoms with Gasteiger partial charge in [0.05, 0.1) is 38.8 Å². The highest BCUT2D eigenvalue weighted by Gasteiger charge is 2.20. The van der Waals surface area contributed by atoms with Crippen LogP contribution in [0.2, 0.25) is 5.02 Å². The fourth-order valence-corrected chi connectivity index (χ4v) is 5.27. The van der Waals surface area contributed by atoms with Gasteiger partial charge in [0.2, 0.25) is 11.9 Å². The molecule has 0 atom stereocenters. The van der Waals surface area contributed by atoms with Gasteiger partial charge in [0, 0.05) is 51.6 Å². The van der Waals surface area contributed by atoms with E-state index >= 15 is 0 Å². The Hall–Kier alpha value is -3.60. The fourth-order valence-electron chi connectivity index (χ4n) is 5.13. The van der Waals surface area contributed by atoms with Gasteiger partial charge in [0.15, 0.2) is 5.82 Å². The molecule has 0 spiro atoms. The lowest BCUT2D eigenvalue weighted by atomic mass is 10.0. The molecule has 1 amide bonds. The summed E-state index contributed by atoms with van der Waals surface area (Å²) < 4.78 is 11.2. The Labute approximate surface area is 246 Å². The van der Waals surface area contributed by atoms with E-state index in [1.807, 2.05) is 0 Å². The number of hydrogen-bond donors (Lipinski definition) is 2. The van der Waals surface area contributed by atoms with Crippen molar-refractivity contribution in [3.8, 4) is 5.75 Å². The van der Waals surface area contributed by atoms with E-state index in [0.717, 1.165) is 69.2 Å². The molecular formula is C30H38ClN7O3. The second kappa shape index (κ2) is 12.9. The molecular weight excluding hydrogens is 542 g/mol.